The van der Waals surface area contributed by atoms with Gasteiger partial charge in [-0.15, -0.1) is 0 Å². The van der Waals surface area contributed by atoms with E-state index in [1.807, 2.05) is 0 Å². The molecule has 0 saturated heterocycles. The van der Waals surface area contributed by atoms with Gasteiger partial charge in [-0.05, 0) is 0 Å². The van der Waals surface area contributed by atoms with E-state index in [1.165, 1.54) is 4.90 Å². The summed E-state index contributed by atoms with van der Waals surface area (Å²) in [5.74, 6) is -0.374. The van der Waals surface area contributed by atoms with Crippen molar-refractivity contribution in [2.24, 2.45) is 0 Å². The normalized spacial score (nSPS) is 10.5. The third-order valence-electron chi connectivity index (χ3n) is 1.28. The Hall–Kier alpha value is -0.0300. The fraction of sp³-hybridized carbons (Fsp3) is 0.857. The summed E-state index contributed by atoms with van der Waals surface area (Å²) < 4.78 is 9.82. The summed E-state index contributed by atoms with van der Waals surface area (Å²) in [5.41, 5.74) is 0. The second-order valence-electron chi connectivity index (χ2n) is 2.37. The number of methoxy groups -OCH3 is 1. The van der Waals surface area contributed by atoms with E-state index in [4.69, 9.17) is 32.7 Å². The predicted molar refractivity (Wildman–Crippen MR) is 51.0 cm³/mol. The Kier molecular flexibility index (Phi) is 7.36. The van der Waals surface area contributed by atoms with Crippen LogP contribution in [-0.4, -0.2) is 49.7 Å². The molecule has 0 radical (unpaired) electrons. The first-order valence-electron chi connectivity index (χ1n) is 3.69. The topological polar surface area (TPSA) is 38.8 Å². The lowest BCUT2D eigenvalue weighted by molar-refractivity contribution is -0.133. The molecule has 0 rings (SSSR count). The number of amides is 1. The Labute approximate surface area is 87.7 Å². The van der Waals surface area contributed by atoms with Crippen LogP contribution in [0.1, 0.15) is 0 Å². The fourth-order valence-corrected chi connectivity index (χ4v) is 0.907. The van der Waals surface area contributed by atoms with Crippen molar-refractivity contribution in [3.63, 3.8) is 0 Å². The quantitative estimate of drug-likeness (QED) is 0.386. The molecule has 0 aromatic heterocycles. The van der Waals surface area contributed by atoms with E-state index >= 15 is 0 Å². The molecule has 0 atom stereocenters. The highest BCUT2D eigenvalue weighted by Crippen LogP contribution is 2.05. The monoisotopic (exact) mass is 229 g/mol. The zero-order chi connectivity index (χ0) is 10.3. The Balaban J connectivity index is 3.50. The van der Waals surface area contributed by atoms with Gasteiger partial charge in [0, 0.05) is 14.2 Å². The molecule has 0 fully saturated rings. The molecule has 0 spiro atoms. The first-order chi connectivity index (χ1) is 6.09. The Morgan fingerprint density at radius 2 is 2.08 bits per heavy atom. The maximum Gasteiger partial charge on any atom is 0.257 e. The lowest BCUT2D eigenvalue weighted by Gasteiger charge is -2.17. The molecule has 0 aromatic rings. The number of carbonyl (C=O) groups is 1. The second kappa shape index (κ2) is 7.38. The molecule has 6 heteroatoms. The van der Waals surface area contributed by atoms with Gasteiger partial charge >= 0.3 is 0 Å². The molecular formula is C7H13Cl2NO3. The summed E-state index contributed by atoms with van der Waals surface area (Å²) in [6.07, 6.45) is 0. The SMILES string of the molecule is COCCOCN(C)C(=O)C(Cl)Cl. The van der Waals surface area contributed by atoms with Gasteiger partial charge in [0.05, 0.1) is 13.2 Å². The van der Waals surface area contributed by atoms with E-state index in [2.05, 4.69) is 0 Å². The van der Waals surface area contributed by atoms with Crippen LogP contribution in [0.15, 0.2) is 0 Å². The number of hydrogen-bond acceptors (Lipinski definition) is 3. The van der Waals surface area contributed by atoms with Crippen molar-refractivity contribution in [2.45, 2.75) is 4.84 Å². The lowest BCUT2D eigenvalue weighted by Crippen LogP contribution is -2.33. The molecule has 0 heterocycles. The summed E-state index contributed by atoms with van der Waals surface area (Å²) in [7, 11) is 3.14. The summed E-state index contributed by atoms with van der Waals surface area (Å²) in [6, 6.07) is 0. The number of ether oxygens (including phenoxy) is 2. The third-order valence-corrected chi connectivity index (χ3v) is 1.65. The molecule has 78 valence electrons. The van der Waals surface area contributed by atoms with Crippen LogP contribution in [0.2, 0.25) is 0 Å². The molecule has 0 aliphatic rings. The predicted octanol–water partition coefficient (Wildman–Crippen LogP) is 0.869. The maximum atomic E-state index is 11.1. The number of hydrogen-bond donors (Lipinski definition) is 0. The van der Waals surface area contributed by atoms with Gasteiger partial charge in [-0.3, -0.25) is 4.79 Å². The molecule has 0 N–H and O–H groups in total. The number of halogens is 2. The van der Waals surface area contributed by atoms with Crippen molar-refractivity contribution in [1.29, 1.82) is 0 Å². The standard InChI is InChI=1S/C7H13Cl2NO3/c1-10(7(11)6(8)9)5-13-4-3-12-2/h6H,3-5H2,1-2H3. The summed E-state index contributed by atoms with van der Waals surface area (Å²) >= 11 is 10.7. The summed E-state index contributed by atoms with van der Waals surface area (Å²) in [4.78, 5) is 11.3. The lowest BCUT2D eigenvalue weighted by atomic mass is 10.6. The Morgan fingerprint density at radius 3 is 2.54 bits per heavy atom. The van der Waals surface area contributed by atoms with Crippen molar-refractivity contribution in [3.05, 3.63) is 0 Å². The molecule has 0 bridgehead atoms. The van der Waals surface area contributed by atoms with Gasteiger partial charge in [0.25, 0.3) is 5.91 Å². The molecule has 4 nitrogen and oxygen atoms in total. The van der Waals surface area contributed by atoms with E-state index < -0.39 is 4.84 Å². The van der Waals surface area contributed by atoms with Crippen LogP contribution in [0.5, 0.6) is 0 Å². The van der Waals surface area contributed by atoms with Crippen LogP contribution in [0.25, 0.3) is 0 Å². The minimum Gasteiger partial charge on any atom is -0.382 e. The van der Waals surface area contributed by atoms with E-state index in [9.17, 15) is 4.79 Å². The van der Waals surface area contributed by atoms with E-state index in [1.54, 1.807) is 14.2 Å². The largest absolute Gasteiger partial charge is 0.382 e. The molecule has 13 heavy (non-hydrogen) atoms. The maximum absolute atomic E-state index is 11.1. The zero-order valence-corrected chi connectivity index (χ0v) is 9.14. The second-order valence-corrected chi connectivity index (χ2v) is 3.46. The van der Waals surface area contributed by atoms with E-state index in [0.717, 1.165) is 0 Å². The smallest absolute Gasteiger partial charge is 0.257 e. The highest BCUT2D eigenvalue weighted by atomic mass is 35.5. The van der Waals surface area contributed by atoms with Gasteiger partial charge in [0.2, 0.25) is 0 Å². The molecule has 0 aromatic carbocycles. The summed E-state index contributed by atoms with van der Waals surface area (Å²) in [6.45, 7) is 1.09. The molecule has 0 unspecified atom stereocenters. The van der Waals surface area contributed by atoms with Crippen molar-refractivity contribution in [1.82, 2.24) is 4.90 Å². The molecular weight excluding hydrogens is 217 g/mol. The van der Waals surface area contributed by atoms with Crippen LogP contribution in [-0.2, 0) is 14.3 Å². The zero-order valence-electron chi connectivity index (χ0n) is 7.63. The molecule has 0 aliphatic carbocycles. The van der Waals surface area contributed by atoms with Gasteiger partial charge in [-0.1, -0.05) is 23.2 Å². The first kappa shape index (κ1) is 13.0. The average molecular weight is 230 g/mol. The van der Waals surface area contributed by atoms with Gasteiger partial charge in [0.1, 0.15) is 6.73 Å². The number of carbonyl (C=O) groups excluding carboxylic acids is 1. The van der Waals surface area contributed by atoms with Crippen LogP contribution in [0, 0.1) is 0 Å². The first-order valence-corrected chi connectivity index (χ1v) is 4.56. The fourth-order valence-electron chi connectivity index (χ4n) is 0.574. The van der Waals surface area contributed by atoms with Crippen LogP contribution in [0.3, 0.4) is 0 Å². The van der Waals surface area contributed by atoms with Crippen molar-refractivity contribution in [2.75, 3.05) is 34.1 Å². The van der Waals surface area contributed by atoms with Gasteiger partial charge in [0.15, 0.2) is 4.84 Å². The van der Waals surface area contributed by atoms with Crippen molar-refractivity contribution in [3.8, 4) is 0 Å². The Morgan fingerprint density at radius 1 is 1.46 bits per heavy atom. The number of alkyl halides is 2. The van der Waals surface area contributed by atoms with Crippen LogP contribution in [0.4, 0.5) is 0 Å². The van der Waals surface area contributed by atoms with Crippen LogP contribution >= 0.6 is 23.2 Å². The molecule has 1 amide bonds. The Bertz CT molecular complexity index is 155. The summed E-state index contributed by atoms with van der Waals surface area (Å²) in [5, 5.41) is 0. The minimum atomic E-state index is -1.03. The van der Waals surface area contributed by atoms with Crippen LogP contribution < -0.4 is 0 Å². The molecule has 0 saturated carbocycles. The van der Waals surface area contributed by atoms with Crippen molar-refractivity contribution < 1.29 is 14.3 Å². The third kappa shape index (κ3) is 6.10. The average Bonchev–Trinajstić information content (AvgIpc) is 2.10. The van der Waals surface area contributed by atoms with E-state index in [0.29, 0.717) is 13.2 Å². The molecule has 0 aliphatic heterocycles. The number of nitrogens with zero attached hydrogens (tertiary/aromatic N) is 1. The highest BCUT2D eigenvalue weighted by molar-refractivity contribution is 6.53. The minimum absolute atomic E-state index is 0.165. The van der Waals surface area contributed by atoms with Gasteiger partial charge in [-0.25, -0.2) is 0 Å². The van der Waals surface area contributed by atoms with E-state index in [-0.39, 0.29) is 12.6 Å². The number of rotatable bonds is 6. The van der Waals surface area contributed by atoms with Crippen molar-refractivity contribution >= 4 is 29.1 Å². The van der Waals surface area contributed by atoms with Gasteiger partial charge in [-0.2, -0.15) is 0 Å². The van der Waals surface area contributed by atoms with Gasteiger partial charge < -0.3 is 14.4 Å². The highest BCUT2D eigenvalue weighted by Gasteiger charge is 2.16.